The van der Waals surface area contributed by atoms with Crippen molar-refractivity contribution in [2.75, 3.05) is 0 Å². The third-order valence-corrected chi connectivity index (χ3v) is 3.85. The summed E-state index contributed by atoms with van der Waals surface area (Å²) in [4.78, 5) is 43.8. The van der Waals surface area contributed by atoms with E-state index in [1.54, 1.807) is 0 Å². The van der Waals surface area contributed by atoms with Gasteiger partial charge in [0, 0.05) is 0 Å². The SMILES string of the molecule is CCCCC(CCCCC(C(=O)O)C(=O)O)C(C(=O)O)C(=O)O. The van der Waals surface area contributed by atoms with Crippen LogP contribution in [0.5, 0.6) is 0 Å². The van der Waals surface area contributed by atoms with Crippen molar-refractivity contribution in [2.24, 2.45) is 17.8 Å². The van der Waals surface area contributed by atoms with Crippen LogP contribution in [-0.4, -0.2) is 44.3 Å². The first-order valence-electron chi connectivity index (χ1n) is 7.63. The van der Waals surface area contributed by atoms with Crippen LogP contribution in [0.3, 0.4) is 0 Å². The zero-order valence-electron chi connectivity index (χ0n) is 13.1. The van der Waals surface area contributed by atoms with Crippen LogP contribution in [0.15, 0.2) is 0 Å². The van der Waals surface area contributed by atoms with Crippen molar-refractivity contribution >= 4 is 23.9 Å². The minimum Gasteiger partial charge on any atom is -0.481 e. The molecule has 1 unspecified atom stereocenters. The fourth-order valence-corrected chi connectivity index (χ4v) is 2.56. The molecule has 0 heterocycles. The van der Waals surface area contributed by atoms with Gasteiger partial charge in [-0.1, -0.05) is 32.6 Å². The smallest absolute Gasteiger partial charge is 0.318 e. The van der Waals surface area contributed by atoms with Crippen molar-refractivity contribution in [3.8, 4) is 0 Å². The summed E-state index contributed by atoms with van der Waals surface area (Å²) in [6, 6.07) is 0. The topological polar surface area (TPSA) is 149 Å². The molecule has 0 aliphatic rings. The number of hydrogen-bond acceptors (Lipinski definition) is 4. The van der Waals surface area contributed by atoms with Gasteiger partial charge in [0.2, 0.25) is 0 Å². The lowest BCUT2D eigenvalue weighted by molar-refractivity contribution is -0.158. The van der Waals surface area contributed by atoms with Gasteiger partial charge in [-0.15, -0.1) is 0 Å². The highest BCUT2D eigenvalue weighted by Gasteiger charge is 2.34. The first-order valence-corrected chi connectivity index (χ1v) is 7.63. The minimum atomic E-state index is -1.49. The molecule has 23 heavy (non-hydrogen) atoms. The lowest BCUT2D eigenvalue weighted by Crippen LogP contribution is -2.31. The number of aliphatic carboxylic acids is 4. The maximum Gasteiger partial charge on any atom is 0.318 e. The number of carbonyl (C=O) groups is 4. The molecule has 0 saturated heterocycles. The van der Waals surface area contributed by atoms with Crippen LogP contribution in [0.25, 0.3) is 0 Å². The molecule has 0 rings (SSSR count). The standard InChI is InChI=1S/C15H24O8/c1-2-3-6-9(11(14(20)21)15(22)23)7-4-5-8-10(12(16)17)13(18)19/h9-11H,2-8H2,1H3,(H,16,17)(H,18,19)(H,20,21)(H,22,23). The summed E-state index contributed by atoms with van der Waals surface area (Å²) in [5.41, 5.74) is 0. The van der Waals surface area contributed by atoms with Crippen LogP contribution in [0.1, 0.15) is 51.9 Å². The van der Waals surface area contributed by atoms with Crippen molar-refractivity contribution in [3.63, 3.8) is 0 Å². The average molecular weight is 332 g/mol. The Labute approximate surface area is 134 Å². The molecule has 132 valence electrons. The molecule has 4 N–H and O–H groups in total. The number of carboxylic acids is 4. The van der Waals surface area contributed by atoms with Crippen molar-refractivity contribution in [2.45, 2.75) is 51.9 Å². The molecule has 0 aromatic carbocycles. The second-order valence-corrected chi connectivity index (χ2v) is 5.57. The molecule has 0 aromatic rings. The molecule has 0 radical (unpaired) electrons. The molecule has 0 aromatic heterocycles. The first kappa shape index (κ1) is 20.9. The number of rotatable bonds is 13. The summed E-state index contributed by atoms with van der Waals surface area (Å²) >= 11 is 0. The van der Waals surface area contributed by atoms with Crippen LogP contribution < -0.4 is 0 Å². The van der Waals surface area contributed by atoms with E-state index >= 15 is 0 Å². The zero-order valence-corrected chi connectivity index (χ0v) is 13.1. The molecule has 1 atom stereocenters. The summed E-state index contributed by atoms with van der Waals surface area (Å²) in [5, 5.41) is 35.7. The van der Waals surface area contributed by atoms with Crippen LogP contribution in [0.2, 0.25) is 0 Å². The predicted octanol–water partition coefficient (Wildman–Crippen LogP) is 1.92. The zero-order chi connectivity index (χ0) is 18.0. The number of carboxylic acid groups (broad SMARTS) is 4. The van der Waals surface area contributed by atoms with Gasteiger partial charge in [-0.05, 0) is 25.2 Å². The molecular weight excluding hydrogens is 308 g/mol. The molecule has 0 aliphatic carbocycles. The fourth-order valence-electron chi connectivity index (χ4n) is 2.56. The van der Waals surface area contributed by atoms with Gasteiger partial charge >= 0.3 is 23.9 Å². The van der Waals surface area contributed by atoms with Gasteiger partial charge in [0.15, 0.2) is 11.8 Å². The van der Waals surface area contributed by atoms with E-state index in [0.717, 1.165) is 6.42 Å². The van der Waals surface area contributed by atoms with Gasteiger partial charge in [-0.25, -0.2) is 0 Å². The maximum atomic E-state index is 11.1. The molecule has 0 aliphatic heterocycles. The number of unbranched alkanes of at least 4 members (excludes halogenated alkanes) is 2. The monoisotopic (exact) mass is 332 g/mol. The second-order valence-electron chi connectivity index (χ2n) is 5.57. The van der Waals surface area contributed by atoms with Crippen LogP contribution >= 0.6 is 0 Å². The summed E-state index contributed by atoms with van der Waals surface area (Å²) < 4.78 is 0. The lowest BCUT2D eigenvalue weighted by atomic mass is 9.83. The molecule has 0 bridgehead atoms. The lowest BCUT2D eigenvalue weighted by Gasteiger charge is -2.21. The van der Waals surface area contributed by atoms with Crippen LogP contribution in [0.4, 0.5) is 0 Å². The van der Waals surface area contributed by atoms with E-state index in [-0.39, 0.29) is 12.8 Å². The Morgan fingerprint density at radius 3 is 1.52 bits per heavy atom. The minimum absolute atomic E-state index is 0.0595. The fraction of sp³-hybridized carbons (Fsp3) is 0.733. The molecule has 0 fully saturated rings. The highest BCUT2D eigenvalue weighted by Crippen LogP contribution is 2.26. The molecule has 0 spiro atoms. The van der Waals surface area contributed by atoms with Gasteiger partial charge in [0.1, 0.15) is 0 Å². The Morgan fingerprint density at radius 1 is 0.696 bits per heavy atom. The largest absolute Gasteiger partial charge is 0.481 e. The molecular formula is C15H24O8. The summed E-state index contributed by atoms with van der Waals surface area (Å²) in [6.45, 7) is 1.91. The third-order valence-electron chi connectivity index (χ3n) is 3.85. The van der Waals surface area contributed by atoms with E-state index < -0.39 is 41.6 Å². The Balaban J connectivity index is 4.61. The van der Waals surface area contributed by atoms with Crippen molar-refractivity contribution < 1.29 is 39.6 Å². The number of hydrogen-bond donors (Lipinski definition) is 4. The van der Waals surface area contributed by atoms with Crippen LogP contribution in [0, 0.1) is 17.8 Å². The molecule has 8 heteroatoms. The molecule has 0 saturated carbocycles. The summed E-state index contributed by atoms with van der Waals surface area (Å²) in [5.74, 6) is -9.10. The van der Waals surface area contributed by atoms with E-state index in [0.29, 0.717) is 25.7 Å². The maximum absolute atomic E-state index is 11.1. The van der Waals surface area contributed by atoms with Gasteiger partial charge in [-0.2, -0.15) is 0 Å². The van der Waals surface area contributed by atoms with Crippen LogP contribution in [-0.2, 0) is 19.2 Å². The first-order chi connectivity index (χ1) is 10.7. The van der Waals surface area contributed by atoms with Gasteiger partial charge in [-0.3, -0.25) is 19.2 Å². The highest BCUT2D eigenvalue weighted by atomic mass is 16.4. The second kappa shape index (κ2) is 10.6. The highest BCUT2D eigenvalue weighted by molar-refractivity contribution is 5.93. The van der Waals surface area contributed by atoms with E-state index in [1.165, 1.54) is 0 Å². The normalized spacial score (nSPS) is 12.3. The average Bonchev–Trinajstić information content (AvgIpc) is 2.42. The predicted molar refractivity (Wildman–Crippen MR) is 79.0 cm³/mol. The van der Waals surface area contributed by atoms with Crippen molar-refractivity contribution in [1.82, 2.24) is 0 Å². The van der Waals surface area contributed by atoms with E-state index in [2.05, 4.69) is 0 Å². The summed E-state index contributed by atoms with van der Waals surface area (Å²) in [6.07, 6.45) is 2.91. The third kappa shape index (κ3) is 7.62. The van der Waals surface area contributed by atoms with E-state index in [4.69, 9.17) is 20.4 Å². The Morgan fingerprint density at radius 2 is 1.13 bits per heavy atom. The molecule has 8 nitrogen and oxygen atoms in total. The Kier molecular flexibility index (Phi) is 9.60. The summed E-state index contributed by atoms with van der Waals surface area (Å²) in [7, 11) is 0. The quantitative estimate of drug-likeness (QED) is 0.295. The van der Waals surface area contributed by atoms with Crippen molar-refractivity contribution in [3.05, 3.63) is 0 Å². The van der Waals surface area contributed by atoms with Gasteiger partial charge in [0.25, 0.3) is 0 Å². The van der Waals surface area contributed by atoms with Crippen molar-refractivity contribution in [1.29, 1.82) is 0 Å². The van der Waals surface area contributed by atoms with Gasteiger partial charge < -0.3 is 20.4 Å². The Hall–Kier alpha value is -2.12. The van der Waals surface area contributed by atoms with E-state index in [1.807, 2.05) is 6.92 Å². The molecule has 0 amide bonds. The van der Waals surface area contributed by atoms with E-state index in [9.17, 15) is 19.2 Å². The van der Waals surface area contributed by atoms with Gasteiger partial charge in [0.05, 0.1) is 0 Å². The Bertz CT molecular complexity index is 403.